The Hall–Kier alpha value is -3.87. The van der Waals surface area contributed by atoms with E-state index in [9.17, 15) is 18.0 Å². The summed E-state index contributed by atoms with van der Waals surface area (Å²) in [5.41, 5.74) is 3.62. The van der Waals surface area contributed by atoms with Crippen LogP contribution < -0.4 is 15.0 Å². The Kier molecular flexibility index (Phi) is 6.63. The molecule has 2 aromatic heterocycles. The Bertz CT molecular complexity index is 1300. The topological polar surface area (TPSA) is 108 Å². The van der Waals surface area contributed by atoms with Crippen LogP contribution in [0.15, 0.2) is 24.4 Å². The molecule has 1 aliphatic carbocycles. The number of aryl methyl sites for hydroxylation is 1. The van der Waals surface area contributed by atoms with Crippen LogP contribution in [-0.2, 0) is 17.6 Å². The molecule has 0 unspecified atom stereocenters. The average molecular weight is 518 g/mol. The number of piperazine rings is 1. The van der Waals surface area contributed by atoms with E-state index in [4.69, 9.17) is 4.74 Å². The molecule has 2 aliphatic rings. The van der Waals surface area contributed by atoms with Crippen LogP contribution in [0.1, 0.15) is 28.5 Å². The van der Waals surface area contributed by atoms with E-state index in [1.807, 2.05) is 7.05 Å². The summed E-state index contributed by atoms with van der Waals surface area (Å²) in [6.45, 7) is 5.13. The van der Waals surface area contributed by atoms with Gasteiger partial charge in [0, 0.05) is 43.6 Å². The molecule has 1 fully saturated rings. The molecule has 13 heteroatoms. The number of hydrogen-bond donors (Lipinski definition) is 2. The van der Waals surface area contributed by atoms with E-state index in [1.54, 1.807) is 25.3 Å². The van der Waals surface area contributed by atoms with Crippen molar-refractivity contribution < 1.29 is 27.4 Å². The number of anilines is 3. The van der Waals surface area contributed by atoms with Gasteiger partial charge in [-0.05, 0) is 50.6 Å². The summed E-state index contributed by atoms with van der Waals surface area (Å²) in [6.07, 6.45) is -2.12. The summed E-state index contributed by atoms with van der Waals surface area (Å²) in [7, 11) is 2.03. The molecular formula is C24H26F3N7O3. The van der Waals surface area contributed by atoms with Crippen LogP contribution in [-0.4, -0.2) is 77.2 Å². The highest BCUT2D eigenvalue weighted by molar-refractivity contribution is 5.91. The molecule has 0 bridgehead atoms. The predicted molar refractivity (Wildman–Crippen MR) is 129 cm³/mol. The number of aromatic amines is 1. The maximum Gasteiger partial charge on any atom is 0.573 e. The van der Waals surface area contributed by atoms with E-state index in [2.05, 4.69) is 40.0 Å². The number of carbonyl (C=O) groups excluding carboxylic acids is 1. The maximum atomic E-state index is 13.1. The number of rotatable bonds is 6. The summed E-state index contributed by atoms with van der Waals surface area (Å²) in [4.78, 5) is 25.4. The van der Waals surface area contributed by atoms with E-state index in [1.165, 1.54) is 6.07 Å². The number of benzene rings is 1. The monoisotopic (exact) mass is 517 g/mol. The van der Waals surface area contributed by atoms with Gasteiger partial charge in [0.2, 0.25) is 5.95 Å². The van der Waals surface area contributed by atoms with Gasteiger partial charge in [-0.25, -0.2) is 14.8 Å². The van der Waals surface area contributed by atoms with Crippen molar-refractivity contribution in [3.8, 4) is 17.1 Å². The molecule has 2 N–H and O–H groups in total. The van der Waals surface area contributed by atoms with Crippen molar-refractivity contribution in [2.75, 3.05) is 50.1 Å². The number of aromatic nitrogens is 4. The van der Waals surface area contributed by atoms with Crippen LogP contribution in [0.3, 0.4) is 0 Å². The predicted octanol–water partition coefficient (Wildman–Crippen LogP) is 3.54. The van der Waals surface area contributed by atoms with E-state index in [0.29, 0.717) is 29.8 Å². The smallest absolute Gasteiger partial charge is 0.461 e. The molecule has 0 radical (unpaired) electrons. The second-order valence-corrected chi connectivity index (χ2v) is 8.86. The molecule has 196 valence electrons. The first-order chi connectivity index (χ1) is 17.7. The lowest BCUT2D eigenvalue weighted by atomic mass is 9.93. The molecule has 0 spiro atoms. The van der Waals surface area contributed by atoms with E-state index in [0.717, 1.165) is 37.4 Å². The molecule has 0 saturated carbocycles. The number of likely N-dealkylation sites (N-methyl/N-ethyl adjacent to an activating group) is 1. The number of nitrogens with one attached hydrogen (secondary N) is 2. The normalized spacial score (nSPS) is 15.6. The Morgan fingerprint density at radius 1 is 1.16 bits per heavy atom. The Morgan fingerprint density at radius 3 is 2.68 bits per heavy atom. The number of H-pyrrole nitrogens is 1. The fourth-order valence-corrected chi connectivity index (χ4v) is 4.50. The highest BCUT2D eigenvalue weighted by Crippen LogP contribution is 2.37. The fraction of sp³-hybridized carbons (Fsp3) is 0.417. The van der Waals surface area contributed by atoms with E-state index < -0.39 is 18.1 Å². The van der Waals surface area contributed by atoms with Crippen molar-refractivity contribution in [2.24, 2.45) is 0 Å². The molecular weight excluding hydrogens is 491 g/mol. The molecule has 10 nitrogen and oxygen atoms in total. The summed E-state index contributed by atoms with van der Waals surface area (Å²) in [5.74, 6) is -0.812. The molecule has 37 heavy (non-hydrogen) atoms. The lowest BCUT2D eigenvalue weighted by molar-refractivity contribution is -0.274. The van der Waals surface area contributed by atoms with Crippen molar-refractivity contribution in [1.29, 1.82) is 0 Å². The first-order valence-corrected chi connectivity index (χ1v) is 11.9. The van der Waals surface area contributed by atoms with Gasteiger partial charge in [-0.15, -0.1) is 13.2 Å². The third-order valence-corrected chi connectivity index (χ3v) is 6.38. The lowest BCUT2D eigenvalue weighted by Crippen LogP contribution is -2.44. The number of carbonyl (C=O) groups is 1. The van der Waals surface area contributed by atoms with Crippen LogP contribution in [0.2, 0.25) is 0 Å². The van der Waals surface area contributed by atoms with Gasteiger partial charge in [-0.1, -0.05) is 0 Å². The Balaban J connectivity index is 1.47. The number of halogens is 3. The number of fused-ring (bicyclic) bond motifs is 3. The molecule has 0 amide bonds. The first-order valence-electron chi connectivity index (χ1n) is 11.9. The fourth-order valence-electron chi connectivity index (χ4n) is 4.50. The standard InChI is InChI=1S/C24H26F3N7O3/c1-3-36-22(35)21-16-6-4-14-13-28-23(30-19(14)20(16)31-32-21)29-17-12-15(34-10-8-33(2)9-11-34)5-7-18(17)37-24(25,26)27/h5,7,12-13H,3-4,6,8-11H2,1-2H3,(H,31,32)(H,28,29,30). The van der Waals surface area contributed by atoms with Crippen LogP contribution in [0.5, 0.6) is 5.75 Å². The van der Waals surface area contributed by atoms with Gasteiger partial charge in [-0.2, -0.15) is 5.10 Å². The minimum absolute atomic E-state index is 0.0786. The second kappa shape index (κ2) is 9.88. The number of alkyl halides is 3. The molecule has 1 aliphatic heterocycles. The third kappa shape index (κ3) is 5.31. The summed E-state index contributed by atoms with van der Waals surface area (Å²) in [5, 5.41) is 9.90. The van der Waals surface area contributed by atoms with E-state index in [-0.39, 0.29) is 23.9 Å². The van der Waals surface area contributed by atoms with Gasteiger partial charge in [-0.3, -0.25) is 5.10 Å². The molecule has 0 atom stereocenters. The highest BCUT2D eigenvalue weighted by atomic mass is 19.4. The second-order valence-electron chi connectivity index (χ2n) is 8.86. The number of hydrogen-bond acceptors (Lipinski definition) is 9. The molecule has 5 rings (SSSR count). The minimum Gasteiger partial charge on any atom is -0.461 e. The third-order valence-electron chi connectivity index (χ3n) is 6.38. The largest absolute Gasteiger partial charge is 0.573 e. The van der Waals surface area contributed by atoms with Crippen molar-refractivity contribution in [3.63, 3.8) is 0 Å². The van der Waals surface area contributed by atoms with Crippen LogP contribution in [0, 0.1) is 0 Å². The van der Waals surface area contributed by atoms with Gasteiger partial charge in [0.25, 0.3) is 0 Å². The van der Waals surface area contributed by atoms with E-state index >= 15 is 0 Å². The molecule has 1 saturated heterocycles. The molecule has 3 heterocycles. The average Bonchev–Trinajstić information content (AvgIpc) is 3.30. The van der Waals surface area contributed by atoms with Gasteiger partial charge in [0.05, 0.1) is 18.0 Å². The van der Waals surface area contributed by atoms with Gasteiger partial charge in [0.15, 0.2) is 5.75 Å². The Morgan fingerprint density at radius 2 is 1.95 bits per heavy atom. The van der Waals surface area contributed by atoms with Crippen molar-refractivity contribution in [3.05, 3.63) is 41.2 Å². The molecule has 3 aromatic rings. The quantitative estimate of drug-likeness (QED) is 0.475. The van der Waals surface area contributed by atoms with Crippen molar-refractivity contribution in [2.45, 2.75) is 26.1 Å². The zero-order chi connectivity index (χ0) is 26.2. The lowest BCUT2D eigenvalue weighted by Gasteiger charge is -2.34. The molecule has 1 aromatic carbocycles. The van der Waals surface area contributed by atoms with Gasteiger partial charge >= 0.3 is 12.3 Å². The van der Waals surface area contributed by atoms with Crippen LogP contribution in [0.4, 0.5) is 30.5 Å². The summed E-state index contributed by atoms with van der Waals surface area (Å²) < 4.78 is 48.7. The highest BCUT2D eigenvalue weighted by Gasteiger charge is 2.33. The zero-order valence-electron chi connectivity index (χ0n) is 20.4. The SMILES string of the molecule is CCOC(=O)c1[nH]nc2c1CCc1cnc(Nc3cc(N4CCN(C)CC4)ccc3OC(F)(F)F)nc1-2. The number of nitrogens with zero attached hydrogens (tertiary/aromatic N) is 5. The first kappa shape index (κ1) is 24.8. The van der Waals surface area contributed by atoms with Crippen molar-refractivity contribution >= 4 is 23.3 Å². The summed E-state index contributed by atoms with van der Waals surface area (Å²) in [6, 6.07) is 4.51. The summed E-state index contributed by atoms with van der Waals surface area (Å²) >= 11 is 0. The maximum absolute atomic E-state index is 13.1. The zero-order valence-corrected chi connectivity index (χ0v) is 20.4. The van der Waals surface area contributed by atoms with Crippen molar-refractivity contribution in [1.82, 2.24) is 25.1 Å². The van der Waals surface area contributed by atoms with Gasteiger partial charge in [0.1, 0.15) is 11.4 Å². The number of esters is 1. The number of ether oxygens (including phenoxy) is 2. The van der Waals surface area contributed by atoms with Crippen LogP contribution in [0.25, 0.3) is 11.4 Å². The Labute approximate surface area is 210 Å². The van der Waals surface area contributed by atoms with Gasteiger partial charge < -0.3 is 24.6 Å². The van der Waals surface area contributed by atoms with Crippen LogP contribution >= 0.6 is 0 Å². The minimum atomic E-state index is -4.87.